The second-order valence-electron chi connectivity index (χ2n) is 8.78. The first kappa shape index (κ1) is 24.8. The Morgan fingerprint density at radius 1 is 0.944 bits per heavy atom. The molecule has 8 heteroatoms. The number of nitrogens with one attached hydrogen (secondary N) is 1. The van der Waals surface area contributed by atoms with Gasteiger partial charge in [-0.2, -0.15) is 5.10 Å². The van der Waals surface area contributed by atoms with E-state index in [4.69, 9.17) is 0 Å². The molecule has 1 heterocycles. The Bertz CT molecular complexity index is 1350. The van der Waals surface area contributed by atoms with E-state index in [1.807, 2.05) is 44.2 Å². The number of benzene rings is 3. The Morgan fingerprint density at radius 3 is 2.28 bits per heavy atom. The Morgan fingerprint density at radius 2 is 1.61 bits per heavy atom. The largest absolute Gasteiger partial charge is 0.329 e. The molecule has 0 atom stereocenters. The number of rotatable bonds is 8. The minimum Gasteiger partial charge on any atom is -0.329 e. The fourth-order valence-electron chi connectivity index (χ4n) is 3.82. The lowest BCUT2D eigenvalue weighted by Crippen LogP contribution is -2.40. The van der Waals surface area contributed by atoms with Gasteiger partial charge in [0, 0.05) is 18.2 Å². The molecule has 3 aromatic carbocycles. The SMILES string of the molecule is CC(C)CN(CC(=O)Nc1cc(-c2ccccc2)nn1-c1ccc(F)cc1)C(=O)c1ccccc1F. The maximum absolute atomic E-state index is 14.3. The van der Waals surface area contributed by atoms with Gasteiger partial charge in [-0.25, -0.2) is 13.5 Å². The van der Waals surface area contributed by atoms with Gasteiger partial charge in [0.05, 0.1) is 16.9 Å². The summed E-state index contributed by atoms with van der Waals surface area (Å²) in [6, 6.07) is 22.6. The topological polar surface area (TPSA) is 67.2 Å². The number of hydrogen-bond acceptors (Lipinski definition) is 3. The van der Waals surface area contributed by atoms with Crippen molar-refractivity contribution < 1.29 is 18.4 Å². The summed E-state index contributed by atoms with van der Waals surface area (Å²) in [5.41, 5.74) is 1.91. The van der Waals surface area contributed by atoms with E-state index in [9.17, 15) is 18.4 Å². The van der Waals surface area contributed by atoms with Crippen LogP contribution in [0.2, 0.25) is 0 Å². The smallest absolute Gasteiger partial charge is 0.257 e. The molecule has 0 unspecified atom stereocenters. The van der Waals surface area contributed by atoms with Crippen molar-refractivity contribution in [3.63, 3.8) is 0 Å². The fourth-order valence-corrected chi connectivity index (χ4v) is 3.82. The van der Waals surface area contributed by atoms with E-state index in [2.05, 4.69) is 10.4 Å². The predicted octanol–water partition coefficient (Wildman–Crippen LogP) is 5.55. The summed E-state index contributed by atoms with van der Waals surface area (Å²) in [4.78, 5) is 27.5. The van der Waals surface area contributed by atoms with Crippen LogP contribution in [0.3, 0.4) is 0 Å². The van der Waals surface area contributed by atoms with E-state index in [1.54, 1.807) is 24.3 Å². The van der Waals surface area contributed by atoms with Gasteiger partial charge in [-0.15, -0.1) is 0 Å². The lowest BCUT2D eigenvalue weighted by molar-refractivity contribution is -0.117. The molecule has 1 N–H and O–H groups in total. The zero-order valence-electron chi connectivity index (χ0n) is 20.0. The molecule has 1 aromatic heterocycles. The van der Waals surface area contributed by atoms with Crippen LogP contribution < -0.4 is 5.32 Å². The monoisotopic (exact) mass is 488 g/mol. The highest BCUT2D eigenvalue weighted by Gasteiger charge is 2.23. The third-order valence-electron chi connectivity index (χ3n) is 5.43. The van der Waals surface area contributed by atoms with Crippen LogP contribution in [0.25, 0.3) is 16.9 Å². The van der Waals surface area contributed by atoms with E-state index in [0.29, 0.717) is 17.2 Å². The molecule has 0 aliphatic heterocycles. The Kier molecular flexibility index (Phi) is 7.53. The molecule has 0 spiro atoms. The number of anilines is 1. The first-order valence-corrected chi connectivity index (χ1v) is 11.6. The van der Waals surface area contributed by atoms with Gasteiger partial charge in [0.15, 0.2) is 0 Å². The number of aromatic nitrogens is 2. The van der Waals surface area contributed by atoms with Crippen molar-refractivity contribution in [3.8, 4) is 16.9 Å². The number of hydrogen-bond donors (Lipinski definition) is 1. The highest BCUT2D eigenvalue weighted by atomic mass is 19.1. The van der Waals surface area contributed by atoms with Crippen LogP contribution >= 0.6 is 0 Å². The molecule has 4 rings (SSSR count). The zero-order chi connectivity index (χ0) is 25.7. The minimum absolute atomic E-state index is 0.0583. The average Bonchev–Trinajstić information content (AvgIpc) is 3.28. The van der Waals surface area contributed by atoms with Crippen LogP contribution in [-0.2, 0) is 4.79 Å². The van der Waals surface area contributed by atoms with Crippen molar-refractivity contribution in [2.75, 3.05) is 18.4 Å². The van der Waals surface area contributed by atoms with Crippen molar-refractivity contribution in [2.24, 2.45) is 5.92 Å². The van der Waals surface area contributed by atoms with Crippen LogP contribution in [0.15, 0.2) is 84.9 Å². The van der Waals surface area contributed by atoms with Gasteiger partial charge in [-0.3, -0.25) is 9.59 Å². The Hall–Kier alpha value is -4.33. The molecular weight excluding hydrogens is 462 g/mol. The molecule has 0 bridgehead atoms. The lowest BCUT2D eigenvalue weighted by Gasteiger charge is -2.24. The highest BCUT2D eigenvalue weighted by molar-refractivity contribution is 5.99. The van der Waals surface area contributed by atoms with E-state index in [0.717, 1.165) is 5.56 Å². The van der Waals surface area contributed by atoms with Crippen molar-refractivity contribution in [1.82, 2.24) is 14.7 Å². The van der Waals surface area contributed by atoms with Crippen molar-refractivity contribution in [1.29, 1.82) is 0 Å². The second kappa shape index (κ2) is 10.9. The van der Waals surface area contributed by atoms with Gasteiger partial charge in [-0.1, -0.05) is 56.3 Å². The second-order valence-corrected chi connectivity index (χ2v) is 8.78. The molecule has 0 saturated carbocycles. The van der Waals surface area contributed by atoms with Crippen LogP contribution in [0.5, 0.6) is 0 Å². The Balaban J connectivity index is 1.62. The fraction of sp³-hybridized carbons (Fsp3) is 0.179. The minimum atomic E-state index is -0.640. The summed E-state index contributed by atoms with van der Waals surface area (Å²) in [7, 11) is 0. The molecule has 0 fully saturated rings. The van der Waals surface area contributed by atoms with Crippen molar-refractivity contribution >= 4 is 17.6 Å². The van der Waals surface area contributed by atoms with Crippen LogP contribution in [0, 0.1) is 17.6 Å². The normalized spacial score (nSPS) is 10.9. The molecule has 36 heavy (non-hydrogen) atoms. The Labute approximate surface area is 208 Å². The van der Waals surface area contributed by atoms with E-state index >= 15 is 0 Å². The molecule has 0 aliphatic rings. The molecule has 0 aliphatic carbocycles. The van der Waals surface area contributed by atoms with E-state index in [1.165, 1.54) is 39.9 Å². The van der Waals surface area contributed by atoms with Crippen LogP contribution in [0.4, 0.5) is 14.6 Å². The summed E-state index contributed by atoms with van der Waals surface area (Å²) in [6.45, 7) is 3.82. The summed E-state index contributed by atoms with van der Waals surface area (Å²) in [6.07, 6.45) is 0. The summed E-state index contributed by atoms with van der Waals surface area (Å²) in [5, 5.41) is 7.42. The number of nitrogens with zero attached hydrogens (tertiary/aromatic N) is 3. The molecule has 4 aromatic rings. The van der Waals surface area contributed by atoms with Crippen molar-refractivity contribution in [2.45, 2.75) is 13.8 Å². The van der Waals surface area contributed by atoms with Gasteiger partial charge < -0.3 is 10.2 Å². The summed E-state index contributed by atoms with van der Waals surface area (Å²) < 4.78 is 29.3. The highest BCUT2D eigenvalue weighted by Crippen LogP contribution is 2.25. The molecule has 2 amide bonds. The average molecular weight is 489 g/mol. The zero-order valence-corrected chi connectivity index (χ0v) is 20.0. The summed E-state index contributed by atoms with van der Waals surface area (Å²) >= 11 is 0. The number of halogens is 2. The standard InChI is InChI=1S/C28H26F2N4O2/c1-19(2)17-33(28(36)23-10-6-7-11-24(23)30)18-27(35)31-26-16-25(20-8-4-3-5-9-20)32-34(26)22-14-12-21(29)13-15-22/h3-16,19H,17-18H2,1-2H3,(H,31,35). The van der Waals surface area contributed by atoms with E-state index in [-0.39, 0.29) is 24.6 Å². The van der Waals surface area contributed by atoms with Gasteiger partial charge in [0.1, 0.15) is 24.0 Å². The van der Waals surface area contributed by atoms with E-state index < -0.39 is 23.4 Å². The molecular formula is C28H26F2N4O2. The maximum atomic E-state index is 14.3. The first-order valence-electron chi connectivity index (χ1n) is 11.6. The molecule has 184 valence electrons. The molecule has 0 saturated heterocycles. The predicted molar refractivity (Wildman–Crippen MR) is 135 cm³/mol. The van der Waals surface area contributed by atoms with Gasteiger partial charge in [-0.05, 0) is 42.3 Å². The summed E-state index contributed by atoms with van der Waals surface area (Å²) in [5.74, 6) is -1.65. The third-order valence-corrected chi connectivity index (χ3v) is 5.43. The van der Waals surface area contributed by atoms with Crippen molar-refractivity contribution in [3.05, 3.63) is 102 Å². The van der Waals surface area contributed by atoms with Gasteiger partial charge in [0.25, 0.3) is 5.91 Å². The third kappa shape index (κ3) is 5.83. The number of carbonyl (C=O) groups is 2. The van der Waals surface area contributed by atoms with Gasteiger partial charge >= 0.3 is 0 Å². The lowest BCUT2D eigenvalue weighted by atomic mass is 10.1. The first-order chi connectivity index (χ1) is 17.3. The number of carbonyl (C=O) groups excluding carboxylic acids is 2. The molecule has 6 nitrogen and oxygen atoms in total. The van der Waals surface area contributed by atoms with Crippen LogP contribution in [0.1, 0.15) is 24.2 Å². The quantitative estimate of drug-likeness (QED) is 0.353. The number of amides is 2. The van der Waals surface area contributed by atoms with Crippen LogP contribution in [-0.4, -0.2) is 39.6 Å². The maximum Gasteiger partial charge on any atom is 0.257 e. The van der Waals surface area contributed by atoms with Gasteiger partial charge in [0.2, 0.25) is 5.91 Å². The molecule has 0 radical (unpaired) electrons.